The zero-order chi connectivity index (χ0) is 79.9. The van der Waals surface area contributed by atoms with E-state index >= 15 is 0 Å². The van der Waals surface area contributed by atoms with Crippen LogP contribution in [0.2, 0.25) is 0 Å². The number of nitrogens with zero attached hydrogens (tertiary/aromatic N) is 10. The van der Waals surface area contributed by atoms with Gasteiger partial charge in [0.2, 0.25) is 0 Å². The highest BCUT2D eigenvalue weighted by Crippen LogP contribution is 2.45. The van der Waals surface area contributed by atoms with E-state index < -0.39 is 0 Å². The van der Waals surface area contributed by atoms with Crippen molar-refractivity contribution >= 4 is 43.6 Å². The minimum atomic E-state index is -0.0312. The molecule has 0 aliphatic carbocycles. The Labute approximate surface area is 687 Å². The van der Waals surface area contributed by atoms with Crippen molar-refractivity contribution in [2.75, 3.05) is 0 Å². The van der Waals surface area contributed by atoms with Crippen LogP contribution in [0.4, 0.5) is 0 Å². The van der Waals surface area contributed by atoms with Crippen molar-refractivity contribution in [2.24, 2.45) is 0 Å². The second kappa shape index (κ2) is 31.1. The maximum Gasteiger partial charge on any atom is 0.167 e. The molecule has 0 atom stereocenters. The van der Waals surface area contributed by atoms with E-state index in [1.54, 1.807) is 0 Å². The molecule has 0 spiro atoms. The van der Waals surface area contributed by atoms with Crippen LogP contribution in [0.1, 0.15) is 52.7 Å². The van der Waals surface area contributed by atoms with E-state index in [0.717, 1.165) is 122 Å². The van der Waals surface area contributed by atoms with Crippen LogP contribution in [0.5, 0.6) is 0 Å². The Morgan fingerprint density at radius 1 is 0.186 bits per heavy atom. The first-order valence-corrected chi connectivity index (χ1v) is 40.1. The number of rotatable bonds is 14. The zero-order valence-corrected chi connectivity index (χ0v) is 66.4. The highest BCUT2D eigenvalue weighted by atomic mass is 15.1. The van der Waals surface area contributed by atoms with Crippen LogP contribution in [0, 0.1) is 0 Å². The number of pyridine rings is 2. The molecule has 0 saturated heterocycles. The summed E-state index contributed by atoms with van der Waals surface area (Å²) in [6.07, 6.45) is 3.99. The van der Waals surface area contributed by atoms with Crippen molar-refractivity contribution in [1.82, 2.24) is 49.0 Å². The van der Waals surface area contributed by atoms with Crippen LogP contribution >= 0.6 is 0 Å². The molecule has 6 aromatic heterocycles. The Kier molecular flexibility index (Phi) is 19.3. The standard InChI is InChI=1S/C58H49N5.C50H33N5/c1-57(2,3)44-28-31-51-48(35-44)49-36-45(58(4,5)6)29-32-52(49)63(51)56-50(55-61-53(40-23-15-9-16-24-40)60-54(62-55)41-25-17-10-18-26-41)34-43(37-59-56)42-27-30-46(38-19-11-7-12-20-38)47(33-42)39-21-13-8-14-22-39;1-5-17-34(18-6-1)40-30-29-38(31-43(40)35-19-7-2-8-20-35)39-32-44(50(51-33-39)55-45-27-15-13-25-41(45)42-26-14-16-28-46(42)55)49-53-47(36-21-9-3-10-22-36)52-48(54-49)37-23-11-4-12-24-37/h7-37H,1-6H3;1-33H. The smallest absolute Gasteiger partial charge is 0.167 e. The zero-order valence-electron chi connectivity index (χ0n) is 66.4. The summed E-state index contributed by atoms with van der Waals surface area (Å²) in [5.41, 5.74) is 25.3. The molecular formula is C108H82N10. The molecule has 10 nitrogen and oxygen atoms in total. The largest absolute Gasteiger partial charge is 0.293 e. The van der Waals surface area contributed by atoms with Gasteiger partial charge in [0.1, 0.15) is 11.6 Å². The fourth-order valence-electron chi connectivity index (χ4n) is 16.0. The molecule has 564 valence electrons. The highest BCUT2D eigenvalue weighted by molar-refractivity contribution is 6.11. The Hall–Kier alpha value is -15.0. The second-order valence-corrected chi connectivity index (χ2v) is 31.9. The molecule has 0 radical (unpaired) electrons. The molecule has 0 bridgehead atoms. The van der Waals surface area contributed by atoms with Gasteiger partial charge in [-0.15, -0.1) is 0 Å². The molecule has 118 heavy (non-hydrogen) atoms. The van der Waals surface area contributed by atoms with Gasteiger partial charge in [-0.3, -0.25) is 9.13 Å². The van der Waals surface area contributed by atoms with Crippen LogP contribution in [0.25, 0.3) is 190 Å². The van der Waals surface area contributed by atoms with Gasteiger partial charge >= 0.3 is 0 Å². The third kappa shape index (κ3) is 14.4. The quantitative estimate of drug-likeness (QED) is 0.106. The van der Waals surface area contributed by atoms with Crippen molar-refractivity contribution in [2.45, 2.75) is 52.4 Å². The highest BCUT2D eigenvalue weighted by Gasteiger charge is 2.28. The van der Waals surface area contributed by atoms with Gasteiger partial charge in [0, 0.05) is 67.3 Å². The first-order chi connectivity index (χ1) is 57.8. The van der Waals surface area contributed by atoms with E-state index in [9.17, 15) is 0 Å². The first kappa shape index (κ1) is 73.2. The summed E-state index contributed by atoms with van der Waals surface area (Å²) in [6, 6.07) is 131. The van der Waals surface area contributed by atoms with Crippen molar-refractivity contribution in [3.05, 3.63) is 400 Å². The fraction of sp³-hybridized carbons (Fsp3) is 0.0741. The van der Waals surface area contributed by atoms with Crippen molar-refractivity contribution in [3.8, 4) is 147 Å². The molecule has 0 amide bonds. The molecule has 0 fully saturated rings. The van der Waals surface area contributed by atoms with Crippen molar-refractivity contribution < 1.29 is 0 Å². The minimum Gasteiger partial charge on any atom is -0.293 e. The molecule has 20 aromatic rings. The van der Waals surface area contributed by atoms with Crippen LogP contribution in [-0.4, -0.2) is 49.0 Å². The second-order valence-electron chi connectivity index (χ2n) is 31.9. The number of fused-ring (bicyclic) bond motifs is 6. The Morgan fingerprint density at radius 3 is 0.746 bits per heavy atom. The van der Waals surface area contributed by atoms with E-state index in [1.807, 2.05) is 109 Å². The summed E-state index contributed by atoms with van der Waals surface area (Å²) in [5.74, 6) is 4.98. The van der Waals surface area contributed by atoms with Gasteiger partial charge in [0.05, 0.1) is 33.2 Å². The molecule has 10 heteroatoms. The number of aromatic nitrogens is 10. The van der Waals surface area contributed by atoms with E-state index in [1.165, 1.54) is 44.2 Å². The van der Waals surface area contributed by atoms with Gasteiger partial charge in [-0.1, -0.05) is 357 Å². The third-order valence-electron chi connectivity index (χ3n) is 22.2. The van der Waals surface area contributed by atoms with E-state index in [2.05, 4.69) is 330 Å². The summed E-state index contributed by atoms with van der Waals surface area (Å²) in [5, 5.41) is 4.69. The molecule has 0 N–H and O–H groups in total. The average Bonchev–Trinajstić information content (AvgIpc) is 1.57. The monoisotopic (exact) mass is 1520 g/mol. The van der Waals surface area contributed by atoms with Crippen LogP contribution < -0.4 is 0 Å². The Morgan fingerprint density at radius 2 is 0.441 bits per heavy atom. The minimum absolute atomic E-state index is 0.0312. The van der Waals surface area contributed by atoms with Crippen LogP contribution in [0.15, 0.2) is 389 Å². The Balaban J connectivity index is 0.000000158. The molecule has 14 aromatic carbocycles. The summed E-state index contributed by atoms with van der Waals surface area (Å²) in [4.78, 5) is 41.9. The summed E-state index contributed by atoms with van der Waals surface area (Å²) < 4.78 is 4.55. The van der Waals surface area contributed by atoms with Gasteiger partial charge in [0.15, 0.2) is 34.9 Å². The number of hydrogen-bond donors (Lipinski definition) is 0. The van der Waals surface area contributed by atoms with E-state index in [4.69, 9.17) is 39.9 Å². The lowest BCUT2D eigenvalue weighted by Gasteiger charge is -2.19. The van der Waals surface area contributed by atoms with Gasteiger partial charge in [-0.2, -0.15) is 0 Å². The maximum atomic E-state index is 5.47. The molecule has 20 rings (SSSR count). The molecule has 0 unspecified atom stereocenters. The topological polar surface area (TPSA) is 113 Å². The lowest BCUT2D eigenvalue weighted by atomic mass is 9.85. The molecule has 6 heterocycles. The number of hydrogen-bond acceptors (Lipinski definition) is 8. The van der Waals surface area contributed by atoms with Crippen molar-refractivity contribution in [1.29, 1.82) is 0 Å². The van der Waals surface area contributed by atoms with Gasteiger partial charge < -0.3 is 0 Å². The number of para-hydroxylation sites is 2. The molecule has 0 aliphatic rings. The average molecular weight is 1520 g/mol. The van der Waals surface area contributed by atoms with E-state index in [0.29, 0.717) is 34.9 Å². The van der Waals surface area contributed by atoms with Crippen molar-refractivity contribution in [3.63, 3.8) is 0 Å². The van der Waals surface area contributed by atoms with E-state index in [-0.39, 0.29) is 10.8 Å². The maximum absolute atomic E-state index is 5.47. The summed E-state index contributed by atoms with van der Waals surface area (Å²) in [6.45, 7) is 13.7. The number of benzene rings is 14. The third-order valence-corrected chi connectivity index (χ3v) is 22.2. The summed E-state index contributed by atoms with van der Waals surface area (Å²) >= 11 is 0. The van der Waals surface area contributed by atoms with Gasteiger partial charge in [-0.25, -0.2) is 39.9 Å². The molecule has 0 saturated carbocycles. The fourth-order valence-corrected chi connectivity index (χ4v) is 16.0. The molecular weight excluding hydrogens is 1440 g/mol. The lowest BCUT2D eigenvalue weighted by molar-refractivity contribution is 0.590. The van der Waals surface area contributed by atoms with Gasteiger partial charge in [-0.05, 0) is 138 Å². The van der Waals surface area contributed by atoms with Crippen LogP contribution in [0.3, 0.4) is 0 Å². The van der Waals surface area contributed by atoms with Crippen LogP contribution in [-0.2, 0) is 10.8 Å². The summed E-state index contributed by atoms with van der Waals surface area (Å²) in [7, 11) is 0. The lowest BCUT2D eigenvalue weighted by Crippen LogP contribution is -2.10. The molecule has 0 aliphatic heterocycles. The predicted octanol–water partition coefficient (Wildman–Crippen LogP) is 27.3. The predicted molar refractivity (Wildman–Crippen MR) is 487 cm³/mol. The Bertz CT molecular complexity index is 6840. The SMILES string of the molecule is CC(C)(C)c1ccc2c(c1)c1cc(C(C)(C)C)ccc1n2-c1ncc(-c2ccc(-c3ccccc3)c(-c3ccccc3)c2)cc1-c1nc(-c2ccccc2)nc(-c2ccccc2)n1.c1ccc(-c2nc(-c3ccccc3)nc(-c3cc(-c4ccc(-c5ccccc5)c(-c5ccccc5)c4)cnc3-n3c4ccccc4c4ccccc43)n2)cc1. The van der Waals surface area contributed by atoms with Gasteiger partial charge in [0.25, 0.3) is 0 Å². The normalized spacial score (nSPS) is 11.6. The first-order valence-electron chi connectivity index (χ1n) is 40.1.